The van der Waals surface area contributed by atoms with E-state index in [9.17, 15) is 9.18 Å². The van der Waals surface area contributed by atoms with E-state index in [1.165, 1.54) is 11.0 Å². The summed E-state index contributed by atoms with van der Waals surface area (Å²) in [5, 5.41) is 2.59. The monoisotopic (exact) mass is 225 g/mol. The van der Waals surface area contributed by atoms with E-state index in [1.807, 2.05) is 0 Å². The first kappa shape index (κ1) is 12.4. The van der Waals surface area contributed by atoms with Crippen molar-refractivity contribution in [1.82, 2.24) is 10.2 Å². The number of carbonyl (C=O) groups is 1. The van der Waals surface area contributed by atoms with Crippen molar-refractivity contribution in [3.8, 4) is 0 Å². The fourth-order valence-electron chi connectivity index (χ4n) is 1.19. The number of carbonyl (C=O) groups excluding carboxylic acids is 1. The van der Waals surface area contributed by atoms with Crippen LogP contribution in [0.2, 0.25) is 0 Å². The lowest BCUT2D eigenvalue weighted by molar-refractivity contribution is 0.217. The highest BCUT2D eigenvalue weighted by molar-refractivity contribution is 5.73. The lowest BCUT2D eigenvalue weighted by Gasteiger charge is -2.12. The third kappa shape index (κ3) is 3.20. The Morgan fingerprint density at radius 1 is 1.50 bits per heavy atom. The highest BCUT2D eigenvalue weighted by atomic mass is 19.1. The fourth-order valence-corrected chi connectivity index (χ4v) is 1.19. The van der Waals surface area contributed by atoms with Crippen molar-refractivity contribution in [3.05, 3.63) is 35.1 Å². The lowest BCUT2D eigenvalue weighted by atomic mass is 10.1. The van der Waals surface area contributed by atoms with Gasteiger partial charge in [-0.05, 0) is 11.6 Å². The maximum atomic E-state index is 13.5. The molecule has 0 saturated carbocycles. The molecular weight excluding hydrogens is 209 g/mol. The van der Waals surface area contributed by atoms with Crippen LogP contribution >= 0.6 is 0 Å². The molecule has 0 saturated heterocycles. The van der Waals surface area contributed by atoms with E-state index in [2.05, 4.69) is 5.32 Å². The first-order valence-electron chi connectivity index (χ1n) is 4.97. The minimum absolute atomic E-state index is 0.174. The molecule has 0 atom stereocenters. The van der Waals surface area contributed by atoms with Crippen LogP contribution in [0.3, 0.4) is 0 Å². The quantitative estimate of drug-likeness (QED) is 0.808. The number of urea groups is 1. The van der Waals surface area contributed by atoms with Crippen LogP contribution < -0.4 is 11.1 Å². The fraction of sp³-hybridized carbons (Fsp3) is 0.364. The molecule has 16 heavy (non-hydrogen) atoms. The Morgan fingerprint density at radius 2 is 2.19 bits per heavy atom. The predicted octanol–water partition coefficient (Wildman–Crippen LogP) is 1.06. The predicted molar refractivity (Wildman–Crippen MR) is 60.2 cm³/mol. The van der Waals surface area contributed by atoms with E-state index in [1.54, 1.807) is 26.2 Å². The Labute approximate surface area is 94.2 Å². The Balaban J connectivity index is 2.64. The summed E-state index contributed by atoms with van der Waals surface area (Å²) >= 11 is 0. The van der Waals surface area contributed by atoms with Crippen molar-refractivity contribution in [2.45, 2.75) is 13.1 Å². The van der Waals surface area contributed by atoms with Gasteiger partial charge >= 0.3 is 6.03 Å². The number of nitrogens with one attached hydrogen (secondary N) is 1. The maximum absolute atomic E-state index is 13.5. The van der Waals surface area contributed by atoms with Crippen molar-refractivity contribution in [2.75, 3.05) is 14.1 Å². The average Bonchev–Trinajstić information content (AvgIpc) is 2.26. The lowest BCUT2D eigenvalue weighted by Crippen LogP contribution is -2.34. The average molecular weight is 225 g/mol. The van der Waals surface area contributed by atoms with Gasteiger partial charge in [0.25, 0.3) is 0 Å². The summed E-state index contributed by atoms with van der Waals surface area (Å²) in [5.41, 5.74) is 6.58. The number of nitrogens with zero attached hydrogens (tertiary/aromatic N) is 1. The smallest absolute Gasteiger partial charge is 0.317 e. The minimum atomic E-state index is -0.345. The molecular formula is C11H16FN3O. The summed E-state index contributed by atoms with van der Waals surface area (Å²) in [4.78, 5) is 12.6. The SMILES string of the molecule is CN(C)C(=O)NCc1ccc(CN)cc1F. The first-order chi connectivity index (χ1) is 7.54. The second-order valence-electron chi connectivity index (χ2n) is 3.68. The Bertz CT molecular complexity index is 379. The molecule has 1 aromatic carbocycles. The number of nitrogens with two attached hydrogens (primary N) is 1. The van der Waals surface area contributed by atoms with E-state index in [-0.39, 0.29) is 18.4 Å². The molecule has 1 aromatic rings. The molecule has 4 nitrogen and oxygen atoms in total. The largest absolute Gasteiger partial charge is 0.334 e. The number of rotatable bonds is 3. The molecule has 0 aliphatic carbocycles. The first-order valence-corrected chi connectivity index (χ1v) is 4.97. The van der Waals surface area contributed by atoms with Crippen LogP contribution in [0.15, 0.2) is 18.2 Å². The molecule has 0 spiro atoms. The molecule has 0 radical (unpaired) electrons. The topological polar surface area (TPSA) is 58.4 Å². The van der Waals surface area contributed by atoms with Crippen molar-refractivity contribution < 1.29 is 9.18 Å². The Morgan fingerprint density at radius 3 is 2.69 bits per heavy atom. The van der Waals surface area contributed by atoms with Gasteiger partial charge < -0.3 is 16.0 Å². The van der Waals surface area contributed by atoms with Crippen LogP contribution in [0.25, 0.3) is 0 Å². The second-order valence-corrected chi connectivity index (χ2v) is 3.68. The molecule has 0 aliphatic rings. The van der Waals surface area contributed by atoms with Crippen LogP contribution in [0.5, 0.6) is 0 Å². The van der Waals surface area contributed by atoms with Gasteiger partial charge in [-0.15, -0.1) is 0 Å². The third-order valence-corrected chi connectivity index (χ3v) is 2.19. The van der Waals surface area contributed by atoms with Gasteiger partial charge in [0.1, 0.15) is 5.82 Å². The van der Waals surface area contributed by atoms with Gasteiger partial charge in [0.2, 0.25) is 0 Å². The van der Waals surface area contributed by atoms with Gasteiger partial charge in [-0.2, -0.15) is 0 Å². The number of benzene rings is 1. The van der Waals surface area contributed by atoms with E-state index in [0.717, 1.165) is 5.56 Å². The normalized spacial score (nSPS) is 10.0. The van der Waals surface area contributed by atoms with Crippen LogP contribution in [-0.2, 0) is 13.1 Å². The van der Waals surface area contributed by atoms with Crippen molar-refractivity contribution in [3.63, 3.8) is 0 Å². The molecule has 0 unspecified atom stereocenters. The number of hydrogen-bond acceptors (Lipinski definition) is 2. The van der Waals surface area contributed by atoms with Gasteiger partial charge in [-0.3, -0.25) is 0 Å². The maximum Gasteiger partial charge on any atom is 0.317 e. The van der Waals surface area contributed by atoms with E-state index in [0.29, 0.717) is 12.1 Å². The van der Waals surface area contributed by atoms with Gasteiger partial charge in [-0.1, -0.05) is 12.1 Å². The van der Waals surface area contributed by atoms with Crippen LogP contribution in [0.1, 0.15) is 11.1 Å². The summed E-state index contributed by atoms with van der Waals surface area (Å²) in [5.74, 6) is -0.345. The summed E-state index contributed by atoms with van der Waals surface area (Å²) in [6.07, 6.45) is 0. The Kier molecular flexibility index (Phi) is 4.25. The molecule has 0 heterocycles. The van der Waals surface area contributed by atoms with Crippen LogP contribution in [-0.4, -0.2) is 25.0 Å². The van der Waals surface area contributed by atoms with Gasteiger partial charge in [0, 0.05) is 32.7 Å². The molecule has 0 bridgehead atoms. The molecule has 0 aromatic heterocycles. The number of hydrogen-bond donors (Lipinski definition) is 2. The minimum Gasteiger partial charge on any atom is -0.334 e. The van der Waals surface area contributed by atoms with Crippen molar-refractivity contribution in [1.29, 1.82) is 0 Å². The molecule has 0 fully saturated rings. The molecule has 3 N–H and O–H groups in total. The Hall–Kier alpha value is -1.62. The van der Waals surface area contributed by atoms with Crippen LogP contribution in [0.4, 0.5) is 9.18 Å². The highest BCUT2D eigenvalue weighted by Crippen LogP contribution is 2.09. The second kappa shape index (κ2) is 5.46. The third-order valence-electron chi connectivity index (χ3n) is 2.19. The van der Waals surface area contributed by atoms with E-state index in [4.69, 9.17) is 5.73 Å². The highest BCUT2D eigenvalue weighted by Gasteiger charge is 2.06. The number of amides is 2. The van der Waals surface area contributed by atoms with Crippen LogP contribution in [0, 0.1) is 5.82 Å². The zero-order valence-electron chi connectivity index (χ0n) is 9.46. The summed E-state index contributed by atoms with van der Waals surface area (Å²) in [6.45, 7) is 0.481. The molecule has 88 valence electrons. The molecule has 2 amide bonds. The molecule has 0 aliphatic heterocycles. The molecule has 5 heteroatoms. The van der Waals surface area contributed by atoms with E-state index < -0.39 is 0 Å². The van der Waals surface area contributed by atoms with Gasteiger partial charge in [-0.25, -0.2) is 9.18 Å². The zero-order valence-corrected chi connectivity index (χ0v) is 9.46. The van der Waals surface area contributed by atoms with Crippen molar-refractivity contribution in [2.24, 2.45) is 5.73 Å². The van der Waals surface area contributed by atoms with Crippen molar-refractivity contribution >= 4 is 6.03 Å². The summed E-state index contributed by atoms with van der Waals surface area (Å²) < 4.78 is 13.5. The van der Waals surface area contributed by atoms with Gasteiger partial charge in [0.05, 0.1) is 0 Å². The summed E-state index contributed by atoms with van der Waals surface area (Å²) in [7, 11) is 3.26. The summed E-state index contributed by atoms with van der Waals surface area (Å²) in [6, 6.07) is 4.52. The zero-order chi connectivity index (χ0) is 12.1. The van der Waals surface area contributed by atoms with Gasteiger partial charge in [0.15, 0.2) is 0 Å². The standard InChI is InChI=1S/C11H16FN3O/c1-15(2)11(16)14-7-9-4-3-8(6-13)5-10(9)12/h3-5H,6-7,13H2,1-2H3,(H,14,16). The number of halogens is 1. The molecule has 1 rings (SSSR count). The van der Waals surface area contributed by atoms with E-state index >= 15 is 0 Å².